The SMILES string of the molecule is Cc1cc(N2C=C(C(=O)N3CCC(C)CC3)S(=O)(=O)c3ccccc32)ccc1F. The lowest BCUT2D eigenvalue weighted by Crippen LogP contribution is -2.41. The van der Waals surface area contributed by atoms with Crippen LogP contribution in [0.5, 0.6) is 0 Å². The summed E-state index contributed by atoms with van der Waals surface area (Å²) in [5.41, 5.74) is 1.49. The van der Waals surface area contributed by atoms with Crippen LogP contribution in [0.4, 0.5) is 15.8 Å². The van der Waals surface area contributed by atoms with Crippen LogP contribution in [0.15, 0.2) is 58.5 Å². The summed E-state index contributed by atoms with van der Waals surface area (Å²) in [7, 11) is -3.95. The molecule has 7 heteroatoms. The number of hydrogen-bond acceptors (Lipinski definition) is 4. The Balaban J connectivity index is 1.82. The van der Waals surface area contributed by atoms with Crippen LogP contribution < -0.4 is 4.90 Å². The fraction of sp³-hybridized carbons (Fsp3) is 0.318. The predicted octanol–water partition coefficient (Wildman–Crippen LogP) is 4.16. The normalized spacial score (nSPS) is 18.9. The van der Waals surface area contributed by atoms with E-state index in [-0.39, 0.29) is 15.6 Å². The average molecular weight is 415 g/mol. The van der Waals surface area contributed by atoms with E-state index < -0.39 is 15.7 Å². The van der Waals surface area contributed by atoms with E-state index in [1.54, 1.807) is 47.1 Å². The minimum atomic E-state index is -3.95. The summed E-state index contributed by atoms with van der Waals surface area (Å²) in [4.78, 5) is 16.3. The molecule has 2 heterocycles. The molecule has 0 spiro atoms. The summed E-state index contributed by atoms with van der Waals surface area (Å²) in [6.45, 7) is 4.87. The van der Waals surface area contributed by atoms with Crippen LogP contribution in [0.1, 0.15) is 25.3 Å². The Morgan fingerprint density at radius 1 is 1.10 bits per heavy atom. The second-order valence-electron chi connectivity index (χ2n) is 7.74. The van der Waals surface area contributed by atoms with Crippen molar-refractivity contribution in [3.63, 3.8) is 0 Å². The number of carbonyl (C=O) groups excluding carboxylic acids is 1. The zero-order chi connectivity index (χ0) is 20.8. The fourth-order valence-corrected chi connectivity index (χ4v) is 5.33. The highest BCUT2D eigenvalue weighted by Crippen LogP contribution is 2.40. The number of hydrogen-bond donors (Lipinski definition) is 0. The van der Waals surface area contributed by atoms with Gasteiger partial charge in [-0.15, -0.1) is 0 Å². The average Bonchev–Trinajstić information content (AvgIpc) is 2.70. The first-order chi connectivity index (χ1) is 13.8. The van der Waals surface area contributed by atoms with E-state index in [1.165, 1.54) is 18.3 Å². The maximum atomic E-state index is 13.8. The predicted molar refractivity (Wildman–Crippen MR) is 110 cm³/mol. The Labute approximate surface area is 170 Å². The second-order valence-corrected chi connectivity index (χ2v) is 9.63. The maximum Gasteiger partial charge on any atom is 0.267 e. The van der Waals surface area contributed by atoms with Crippen LogP contribution >= 0.6 is 0 Å². The Morgan fingerprint density at radius 3 is 2.48 bits per heavy atom. The molecule has 2 aromatic carbocycles. The molecule has 0 unspecified atom stereocenters. The summed E-state index contributed by atoms with van der Waals surface area (Å²) in [5.74, 6) is -0.292. The largest absolute Gasteiger partial charge is 0.338 e. The molecule has 0 saturated carbocycles. The number of amides is 1. The van der Waals surface area contributed by atoms with Gasteiger partial charge in [0, 0.05) is 25.0 Å². The fourth-order valence-electron chi connectivity index (χ4n) is 3.79. The number of rotatable bonds is 2. The molecule has 0 aliphatic carbocycles. The van der Waals surface area contributed by atoms with Gasteiger partial charge in [0.15, 0.2) is 4.91 Å². The number of sulfone groups is 1. The molecule has 152 valence electrons. The van der Waals surface area contributed by atoms with Gasteiger partial charge < -0.3 is 9.80 Å². The van der Waals surface area contributed by atoms with Crippen molar-refractivity contribution in [2.75, 3.05) is 18.0 Å². The van der Waals surface area contributed by atoms with E-state index in [4.69, 9.17) is 0 Å². The minimum absolute atomic E-state index is 0.0817. The third kappa shape index (κ3) is 3.44. The van der Waals surface area contributed by atoms with Crippen LogP contribution in [-0.4, -0.2) is 32.3 Å². The van der Waals surface area contributed by atoms with Crippen molar-refractivity contribution in [1.82, 2.24) is 4.90 Å². The van der Waals surface area contributed by atoms with Crippen molar-refractivity contribution in [2.45, 2.75) is 31.6 Å². The quantitative estimate of drug-likeness (QED) is 0.741. The first-order valence-electron chi connectivity index (χ1n) is 9.69. The molecule has 29 heavy (non-hydrogen) atoms. The van der Waals surface area contributed by atoms with Crippen molar-refractivity contribution in [1.29, 1.82) is 0 Å². The smallest absolute Gasteiger partial charge is 0.267 e. The Hall–Kier alpha value is -2.67. The topological polar surface area (TPSA) is 57.7 Å². The number of nitrogens with zero attached hydrogens (tertiary/aromatic N) is 2. The Morgan fingerprint density at radius 2 is 1.79 bits per heavy atom. The van der Waals surface area contributed by atoms with Crippen LogP contribution in [0, 0.1) is 18.7 Å². The van der Waals surface area contributed by atoms with Gasteiger partial charge in [-0.3, -0.25) is 4.79 Å². The number of fused-ring (bicyclic) bond motifs is 1. The number of anilines is 2. The number of carbonyl (C=O) groups is 1. The van der Waals surface area contributed by atoms with Gasteiger partial charge in [-0.25, -0.2) is 12.8 Å². The van der Waals surface area contributed by atoms with Gasteiger partial charge in [0.1, 0.15) is 5.82 Å². The molecule has 0 aromatic heterocycles. The molecule has 2 aliphatic rings. The standard InChI is InChI=1S/C22H23FN2O3S/c1-15-9-11-24(12-10-15)22(26)21-14-25(17-7-8-18(23)16(2)13-17)19-5-3-4-6-20(19)29(21,27)28/h3-8,13-15H,9-12H2,1-2H3. The lowest BCUT2D eigenvalue weighted by Gasteiger charge is -2.33. The van der Waals surface area contributed by atoms with Crippen molar-refractivity contribution in [3.05, 3.63) is 65.0 Å². The number of aryl methyl sites for hydroxylation is 1. The highest BCUT2D eigenvalue weighted by molar-refractivity contribution is 7.96. The third-order valence-corrected chi connectivity index (χ3v) is 7.43. The zero-order valence-electron chi connectivity index (χ0n) is 16.4. The van der Waals surface area contributed by atoms with E-state index in [0.29, 0.717) is 35.9 Å². The summed E-state index contributed by atoms with van der Waals surface area (Å²) < 4.78 is 40.3. The molecule has 1 saturated heterocycles. The highest BCUT2D eigenvalue weighted by Gasteiger charge is 2.38. The van der Waals surface area contributed by atoms with Gasteiger partial charge in [0.2, 0.25) is 9.84 Å². The van der Waals surface area contributed by atoms with Crippen LogP contribution in [-0.2, 0) is 14.6 Å². The van der Waals surface area contributed by atoms with E-state index in [2.05, 4.69) is 6.92 Å². The van der Waals surface area contributed by atoms with Gasteiger partial charge in [0.05, 0.1) is 10.6 Å². The first-order valence-corrected chi connectivity index (χ1v) is 11.2. The van der Waals surface area contributed by atoms with E-state index in [9.17, 15) is 17.6 Å². The van der Waals surface area contributed by atoms with Crippen LogP contribution in [0.25, 0.3) is 0 Å². The van der Waals surface area contributed by atoms with E-state index >= 15 is 0 Å². The molecule has 0 bridgehead atoms. The number of piperidine rings is 1. The highest BCUT2D eigenvalue weighted by atomic mass is 32.2. The number of para-hydroxylation sites is 1. The molecule has 0 N–H and O–H groups in total. The van der Waals surface area contributed by atoms with Gasteiger partial charge >= 0.3 is 0 Å². The number of benzene rings is 2. The molecule has 0 radical (unpaired) electrons. The number of likely N-dealkylation sites (tertiary alicyclic amines) is 1. The molecule has 1 amide bonds. The molecule has 4 rings (SSSR count). The number of halogens is 1. The third-order valence-electron chi connectivity index (χ3n) is 5.65. The van der Waals surface area contributed by atoms with Crippen molar-refractivity contribution in [2.24, 2.45) is 5.92 Å². The van der Waals surface area contributed by atoms with Gasteiger partial charge in [-0.1, -0.05) is 19.1 Å². The summed E-state index contributed by atoms with van der Waals surface area (Å²) >= 11 is 0. The summed E-state index contributed by atoms with van der Waals surface area (Å²) in [6, 6.07) is 11.1. The van der Waals surface area contributed by atoms with E-state index in [1.807, 2.05) is 0 Å². The lowest BCUT2D eigenvalue weighted by atomic mass is 9.99. The lowest BCUT2D eigenvalue weighted by molar-refractivity contribution is -0.127. The molecule has 2 aromatic rings. The monoisotopic (exact) mass is 414 g/mol. The van der Waals surface area contributed by atoms with Crippen molar-refractivity contribution >= 4 is 27.1 Å². The maximum absolute atomic E-state index is 13.8. The van der Waals surface area contributed by atoms with Gasteiger partial charge in [-0.05, 0) is 61.6 Å². The van der Waals surface area contributed by atoms with Crippen molar-refractivity contribution in [3.8, 4) is 0 Å². The molecule has 5 nitrogen and oxygen atoms in total. The molecular formula is C22H23FN2O3S. The van der Waals surface area contributed by atoms with Gasteiger partial charge in [0.25, 0.3) is 5.91 Å². The Bertz CT molecular complexity index is 1100. The van der Waals surface area contributed by atoms with Crippen LogP contribution in [0.2, 0.25) is 0 Å². The minimum Gasteiger partial charge on any atom is -0.338 e. The molecular weight excluding hydrogens is 391 g/mol. The second kappa shape index (κ2) is 7.30. The first kappa shape index (κ1) is 19.6. The van der Waals surface area contributed by atoms with Crippen LogP contribution in [0.3, 0.4) is 0 Å². The summed E-state index contributed by atoms with van der Waals surface area (Å²) in [5, 5.41) is 0. The zero-order valence-corrected chi connectivity index (χ0v) is 17.2. The van der Waals surface area contributed by atoms with Crippen molar-refractivity contribution < 1.29 is 17.6 Å². The van der Waals surface area contributed by atoms with E-state index in [0.717, 1.165) is 12.8 Å². The Kier molecular flexibility index (Phi) is 4.94. The molecule has 1 fully saturated rings. The molecule has 2 aliphatic heterocycles. The molecule has 0 atom stereocenters. The van der Waals surface area contributed by atoms with Gasteiger partial charge in [-0.2, -0.15) is 0 Å². The summed E-state index contributed by atoms with van der Waals surface area (Å²) in [6.07, 6.45) is 3.10.